The zero-order chi connectivity index (χ0) is 24.9. The molecule has 0 aliphatic carbocycles. The first-order valence-corrected chi connectivity index (χ1v) is 12.6. The summed E-state index contributed by atoms with van der Waals surface area (Å²) in [5.41, 5.74) is 4.62. The number of fused-ring (bicyclic) bond motifs is 1. The molecule has 0 unspecified atom stereocenters. The highest BCUT2D eigenvalue weighted by molar-refractivity contribution is 5.94. The average Bonchev–Trinajstić information content (AvgIpc) is 3.33. The fourth-order valence-electron chi connectivity index (χ4n) is 4.92. The number of carbonyl (C=O) groups is 1. The van der Waals surface area contributed by atoms with Gasteiger partial charge in [0.2, 0.25) is 0 Å². The number of benzene rings is 3. The van der Waals surface area contributed by atoms with E-state index in [0.29, 0.717) is 5.92 Å². The lowest BCUT2D eigenvalue weighted by Crippen LogP contribution is -2.32. The van der Waals surface area contributed by atoms with Crippen LogP contribution in [-0.4, -0.2) is 54.7 Å². The first kappa shape index (κ1) is 24.2. The second-order valence-electron chi connectivity index (χ2n) is 9.70. The number of methoxy groups -OCH3 is 1. The fourth-order valence-corrected chi connectivity index (χ4v) is 4.92. The number of carbonyl (C=O) groups excluding carboxylic acids is 1. The van der Waals surface area contributed by atoms with Crippen molar-refractivity contribution in [1.82, 2.24) is 15.1 Å². The smallest absolute Gasteiger partial charge is 0.170 e. The third kappa shape index (κ3) is 5.50. The zero-order valence-electron chi connectivity index (χ0n) is 20.9. The van der Waals surface area contributed by atoms with Gasteiger partial charge in [0.15, 0.2) is 5.78 Å². The van der Waals surface area contributed by atoms with E-state index in [1.54, 1.807) is 7.11 Å². The molecular weight excluding hydrogens is 450 g/mol. The number of ether oxygens (including phenoxy) is 2. The van der Waals surface area contributed by atoms with Crippen molar-refractivity contribution in [3.8, 4) is 17.0 Å². The van der Waals surface area contributed by atoms with E-state index in [-0.39, 0.29) is 12.2 Å². The third-order valence-corrected chi connectivity index (χ3v) is 7.09. The van der Waals surface area contributed by atoms with Crippen LogP contribution < -0.4 is 4.74 Å². The molecule has 1 aliphatic heterocycles. The molecule has 1 N–H and O–H groups in total. The lowest BCUT2D eigenvalue weighted by molar-refractivity contribution is -0.128. The van der Waals surface area contributed by atoms with Gasteiger partial charge >= 0.3 is 0 Å². The Hall–Kier alpha value is -3.48. The summed E-state index contributed by atoms with van der Waals surface area (Å²) in [7, 11) is 3.75. The average molecular weight is 484 g/mol. The van der Waals surface area contributed by atoms with Crippen molar-refractivity contribution in [2.75, 3.05) is 33.9 Å². The summed E-state index contributed by atoms with van der Waals surface area (Å²) in [4.78, 5) is 15.4. The molecule has 36 heavy (non-hydrogen) atoms. The maximum absolute atomic E-state index is 13.0. The van der Waals surface area contributed by atoms with E-state index in [1.165, 1.54) is 12.8 Å². The van der Waals surface area contributed by atoms with Crippen LogP contribution >= 0.6 is 0 Å². The molecule has 1 aliphatic rings. The highest BCUT2D eigenvalue weighted by Gasteiger charge is 2.21. The minimum atomic E-state index is -0.576. The molecule has 1 aromatic heterocycles. The lowest BCUT2D eigenvalue weighted by Gasteiger charge is -2.28. The molecule has 1 saturated heterocycles. The second kappa shape index (κ2) is 11.1. The molecule has 0 bridgehead atoms. The molecule has 2 heterocycles. The van der Waals surface area contributed by atoms with Crippen molar-refractivity contribution >= 4 is 16.7 Å². The van der Waals surface area contributed by atoms with Gasteiger partial charge in [0.25, 0.3) is 0 Å². The Labute approximate surface area is 212 Å². The number of nitrogens with zero attached hydrogens (tertiary/aromatic N) is 2. The highest BCUT2D eigenvalue weighted by atomic mass is 16.5. The molecule has 1 atom stereocenters. The number of aromatic amines is 1. The number of piperidine rings is 1. The Morgan fingerprint density at radius 2 is 1.81 bits per heavy atom. The summed E-state index contributed by atoms with van der Waals surface area (Å²) >= 11 is 0. The Balaban J connectivity index is 1.28. The van der Waals surface area contributed by atoms with Crippen LogP contribution in [0, 0.1) is 5.92 Å². The van der Waals surface area contributed by atoms with Gasteiger partial charge < -0.3 is 14.4 Å². The van der Waals surface area contributed by atoms with Gasteiger partial charge in [-0.3, -0.25) is 9.89 Å². The van der Waals surface area contributed by atoms with Crippen molar-refractivity contribution in [3.05, 3.63) is 83.9 Å². The third-order valence-electron chi connectivity index (χ3n) is 7.09. The summed E-state index contributed by atoms with van der Waals surface area (Å²) < 4.78 is 11.6. The lowest BCUT2D eigenvalue weighted by atomic mass is 9.98. The van der Waals surface area contributed by atoms with Gasteiger partial charge in [-0.25, -0.2) is 0 Å². The van der Waals surface area contributed by atoms with Gasteiger partial charge in [0, 0.05) is 24.5 Å². The number of aromatic nitrogens is 2. The summed E-state index contributed by atoms with van der Waals surface area (Å²) in [6, 6.07) is 23.8. The van der Waals surface area contributed by atoms with Gasteiger partial charge in [-0.2, -0.15) is 5.10 Å². The number of rotatable bonds is 9. The van der Waals surface area contributed by atoms with Gasteiger partial charge in [-0.15, -0.1) is 0 Å². The van der Waals surface area contributed by atoms with E-state index in [0.717, 1.165) is 58.7 Å². The normalized spacial score (nSPS) is 15.7. The van der Waals surface area contributed by atoms with Crippen molar-refractivity contribution < 1.29 is 14.3 Å². The molecule has 0 radical (unpaired) electrons. The molecule has 6 heteroatoms. The maximum Gasteiger partial charge on any atom is 0.170 e. The number of H-pyrrole nitrogens is 1. The van der Waals surface area contributed by atoms with Gasteiger partial charge in [0.1, 0.15) is 11.9 Å². The summed E-state index contributed by atoms with van der Waals surface area (Å²) in [5, 5.41) is 8.67. The minimum absolute atomic E-state index is 0.0270. The van der Waals surface area contributed by atoms with Crippen LogP contribution in [0.5, 0.6) is 5.75 Å². The van der Waals surface area contributed by atoms with Gasteiger partial charge in [-0.05, 0) is 86.4 Å². The zero-order valence-corrected chi connectivity index (χ0v) is 20.9. The van der Waals surface area contributed by atoms with E-state index in [1.807, 2.05) is 72.8 Å². The van der Waals surface area contributed by atoms with Crippen LogP contribution in [0.15, 0.2) is 72.8 Å². The largest absolute Gasteiger partial charge is 0.493 e. The number of hydrogen-bond acceptors (Lipinski definition) is 5. The molecule has 6 nitrogen and oxygen atoms in total. The molecule has 0 amide bonds. The first-order chi connectivity index (χ1) is 17.6. The van der Waals surface area contributed by atoms with Crippen LogP contribution in [-0.2, 0) is 16.0 Å². The summed E-state index contributed by atoms with van der Waals surface area (Å²) in [6.45, 7) is 3.05. The topological polar surface area (TPSA) is 67.5 Å². The number of hydrogen-bond donors (Lipinski definition) is 1. The monoisotopic (exact) mass is 483 g/mol. The molecule has 1 fully saturated rings. The molecule has 4 aromatic rings. The number of nitrogens with one attached hydrogen (secondary N) is 1. The van der Waals surface area contributed by atoms with E-state index >= 15 is 0 Å². The molecule has 186 valence electrons. The predicted molar refractivity (Wildman–Crippen MR) is 142 cm³/mol. The molecule has 0 spiro atoms. The standard InChI is InChI=1S/C30H33N3O3/c1-33-16-14-21(15-17-33)20-36-25-11-9-23(10-12-25)29-26-18-22(8-13-27(26)31-32-29)19-28(34)30(35-2)24-6-4-3-5-7-24/h3-13,18,21,30H,14-17,19-20H2,1-2H3,(H,31,32)/t30-/m1/s1. The van der Waals surface area contributed by atoms with Gasteiger partial charge in [-0.1, -0.05) is 36.4 Å². The number of likely N-dealkylation sites (tertiary alicyclic amines) is 1. The number of ketones is 1. The number of Topliss-reactive ketones (excluding diaryl/α,β-unsaturated/α-hetero) is 1. The predicted octanol–water partition coefficient (Wildman–Crippen LogP) is 5.45. The van der Waals surface area contributed by atoms with Crippen molar-refractivity contribution in [1.29, 1.82) is 0 Å². The van der Waals surface area contributed by atoms with Crippen molar-refractivity contribution in [3.63, 3.8) is 0 Å². The molecular formula is C30H33N3O3. The Morgan fingerprint density at radius 3 is 2.53 bits per heavy atom. The Kier molecular flexibility index (Phi) is 7.44. The highest BCUT2D eigenvalue weighted by Crippen LogP contribution is 2.30. The quantitative estimate of drug-likeness (QED) is 0.343. The van der Waals surface area contributed by atoms with E-state index in [2.05, 4.69) is 22.1 Å². The van der Waals surface area contributed by atoms with Crippen LogP contribution in [0.3, 0.4) is 0 Å². The second-order valence-corrected chi connectivity index (χ2v) is 9.70. The van der Waals surface area contributed by atoms with E-state index in [9.17, 15) is 4.79 Å². The van der Waals surface area contributed by atoms with Crippen LogP contribution in [0.1, 0.15) is 30.1 Å². The SMILES string of the molecule is CO[C@@H](C(=O)Cc1ccc2[nH]nc(-c3ccc(OCC4CCN(C)CC4)cc3)c2c1)c1ccccc1. The van der Waals surface area contributed by atoms with E-state index in [4.69, 9.17) is 9.47 Å². The first-order valence-electron chi connectivity index (χ1n) is 12.6. The Bertz CT molecular complexity index is 1290. The minimum Gasteiger partial charge on any atom is -0.493 e. The van der Waals surface area contributed by atoms with E-state index < -0.39 is 6.10 Å². The van der Waals surface area contributed by atoms with Crippen molar-refractivity contribution in [2.24, 2.45) is 5.92 Å². The summed E-state index contributed by atoms with van der Waals surface area (Å²) in [5.74, 6) is 1.53. The molecule has 3 aromatic carbocycles. The van der Waals surface area contributed by atoms with Crippen LogP contribution in [0.2, 0.25) is 0 Å². The maximum atomic E-state index is 13.0. The van der Waals surface area contributed by atoms with Crippen LogP contribution in [0.25, 0.3) is 22.2 Å². The molecule has 5 rings (SSSR count). The molecule has 0 saturated carbocycles. The van der Waals surface area contributed by atoms with Gasteiger partial charge in [0.05, 0.1) is 17.8 Å². The van der Waals surface area contributed by atoms with Crippen molar-refractivity contribution in [2.45, 2.75) is 25.4 Å². The van der Waals surface area contributed by atoms with Crippen LogP contribution in [0.4, 0.5) is 0 Å². The summed E-state index contributed by atoms with van der Waals surface area (Å²) in [6.07, 6.45) is 2.09. The Morgan fingerprint density at radius 1 is 1.06 bits per heavy atom. The fraction of sp³-hybridized carbons (Fsp3) is 0.333.